The van der Waals surface area contributed by atoms with E-state index in [-0.39, 0.29) is 55.8 Å². The number of nitrogens with one attached hydrogen (secondary N) is 4. The Labute approximate surface area is 514 Å². The van der Waals surface area contributed by atoms with Gasteiger partial charge in [-0.3, -0.25) is 57.5 Å². The first-order valence-electron chi connectivity index (χ1n) is 30.8. The van der Waals surface area contributed by atoms with Gasteiger partial charge in [-0.25, -0.2) is 0 Å². The number of carbonyl (C=O) groups is 12. The van der Waals surface area contributed by atoms with E-state index in [1.54, 1.807) is 67.5 Å². The lowest BCUT2D eigenvalue weighted by molar-refractivity contribution is -0.157. The van der Waals surface area contributed by atoms with Crippen LogP contribution in [0.15, 0.2) is 12.2 Å². The molecule has 0 aliphatic carbocycles. The molecule has 0 aromatic heterocycles. The predicted octanol–water partition coefficient (Wildman–Crippen LogP) is 3.72. The number of rotatable bonds is 15. The zero-order valence-corrected chi connectivity index (χ0v) is 56.8. The molecule has 0 spiro atoms. The zero-order valence-electron chi connectivity index (χ0n) is 56.8. The lowest BCUT2D eigenvalue weighted by Crippen LogP contribution is -2.63. The summed E-state index contributed by atoms with van der Waals surface area (Å²) in [6.45, 7) is 30.8. The molecular weight excluding hydrogens is 1100 g/mol. The number of likely N-dealkylation sites (N-methyl/N-ethyl adjacent to an activating group) is 7. The zero-order chi connectivity index (χ0) is 66.8. The third-order valence-corrected chi connectivity index (χ3v) is 16.1. The van der Waals surface area contributed by atoms with Gasteiger partial charge < -0.3 is 55.6 Å². The van der Waals surface area contributed by atoms with Crippen molar-refractivity contribution < 1.29 is 57.5 Å². The maximum atomic E-state index is 15.2. The molecule has 0 aromatic rings. The molecule has 490 valence electrons. The van der Waals surface area contributed by atoms with E-state index in [4.69, 9.17) is 0 Å². The molecule has 1 rings (SSSR count). The molecule has 1 heterocycles. The van der Waals surface area contributed by atoms with E-state index in [9.17, 15) is 47.9 Å². The summed E-state index contributed by atoms with van der Waals surface area (Å²) in [5, 5.41) is 11.0. The van der Waals surface area contributed by atoms with E-state index < -0.39 is 161 Å². The van der Waals surface area contributed by atoms with Gasteiger partial charge in [-0.15, -0.1) is 0 Å². The van der Waals surface area contributed by atoms with Crippen molar-refractivity contribution in [3.8, 4) is 0 Å². The van der Waals surface area contributed by atoms with Gasteiger partial charge in [-0.05, 0) is 94.3 Å². The van der Waals surface area contributed by atoms with Crippen LogP contribution in [0.2, 0.25) is 0 Å². The van der Waals surface area contributed by atoms with E-state index >= 15 is 9.59 Å². The topological polar surface area (TPSA) is 276 Å². The summed E-state index contributed by atoms with van der Waals surface area (Å²) in [4.78, 5) is 183. The first-order valence-corrected chi connectivity index (χ1v) is 30.8. The Bertz CT molecular complexity index is 2410. The van der Waals surface area contributed by atoms with Gasteiger partial charge in [0.25, 0.3) is 5.91 Å². The van der Waals surface area contributed by atoms with Crippen molar-refractivity contribution in [2.45, 2.75) is 217 Å². The van der Waals surface area contributed by atoms with Gasteiger partial charge in [0, 0.05) is 55.3 Å². The first-order chi connectivity index (χ1) is 39.6. The highest BCUT2D eigenvalue weighted by molar-refractivity contribution is 6.10. The summed E-state index contributed by atoms with van der Waals surface area (Å²) in [5.74, 6) is -11.6. The molecule has 11 amide bonds. The van der Waals surface area contributed by atoms with E-state index in [1.165, 1.54) is 87.7 Å². The van der Waals surface area contributed by atoms with Crippen molar-refractivity contribution >= 4 is 70.8 Å². The van der Waals surface area contributed by atoms with Crippen LogP contribution in [0, 0.1) is 47.3 Å². The molecule has 0 radical (unpaired) electrons. The molecule has 0 saturated carbocycles. The minimum atomic E-state index is -1.82. The van der Waals surface area contributed by atoms with Crippen LogP contribution in [-0.2, 0) is 57.5 Å². The molecule has 0 aromatic carbocycles. The maximum absolute atomic E-state index is 15.2. The molecule has 1 aliphatic rings. The van der Waals surface area contributed by atoms with Crippen molar-refractivity contribution in [2.75, 3.05) is 55.9 Å². The molecule has 23 nitrogen and oxygen atoms in total. The highest BCUT2D eigenvalue weighted by atomic mass is 16.3. The summed E-state index contributed by atoms with van der Waals surface area (Å²) < 4.78 is 0. The second-order valence-corrected chi connectivity index (χ2v) is 26.6. The fourth-order valence-corrected chi connectivity index (χ4v) is 10.7. The lowest BCUT2D eigenvalue weighted by Gasteiger charge is -2.41. The van der Waals surface area contributed by atoms with Gasteiger partial charge in [0.1, 0.15) is 54.4 Å². The Morgan fingerprint density at radius 3 is 1.34 bits per heavy atom. The fraction of sp³-hybridized carbons (Fsp3) is 0.778. The van der Waals surface area contributed by atoms with Crippen molar-refractivity contribution in [2.24, 2.45) is 47.3 Å². The Morgan fingerprint density at radius 1 is 0.477 bits per heavy atom. The Hall–Kier alpha value is -6.42. The van der Waals surface area contributed by atoms with E-state index in [2.05, 4.69) is 21.3 Å². The van der Waals surface area contributed by atoms with Gasteiger partial charge in [0.15, 0.2) is 11.8 Å². The summed E-state index contributed by atoms with van der Waals surface area (Å²) in [6.07, 6.45) is 4.28. The molecule has 4 N–H and O–H groups in total. The quantitative estimate of drug-likeness (QED) is 0.135. The van der Waals surface area contributed by atoms with Crippen molar-refractivity contribution in [3.63, 3.8) is 0 Å². The van der Waals surface area contributed by atoms with Crippen LogP contribution in [-0.4, -0.2) is 221 Å². The summed E-state index contributed by atoms with van der Waals surface area (Å²) >= 11 is 0. The van der Waals surface area contributed by atoms with Crippen LogP contribution in [0.1, 0.15) is 157 Å². The molecule has 1 aliphatic heterocycles. The normalized spacial score (nSPS) is 26.4. The number of nitrogens with zero attached hydrogens (tertiary/aromatic N) is 7. The smallest absolute Gasteiger partial charge is 0.251 e. The van der Waals surface area contributed by atoms with Crippen LogP contribution in [0.4, 0.5) is 0 Å². The summed E-state index contributed by atoms with van der Waals surface area (Å²) in [6, 6.07) is -12.7. The molecule has 1 unspecified atom stereocenters. The van der Waals surface area contributed by atoms with Gasteiger partial charge >= 0.3 is 0 Å². The summed E-state index contributed by atoms with van der Waals surface area (Å²) in [5.41, 5.74) is 0. The number of allylic oxidation sites excluding steroid dienone is 2. The van der Waals surface area contributed by atoms with Crippen molar-refractivity contribution in [1.82, 2.24) is 55.6 Å². The molecular formula is C63H111N11O12. The SMILES string of the molecule is C/C=C/C[C@@H](C)C(=O)C1C(=O)N[C@@H](C(C)C)[14C](=O)N(C)CC(=O)N(C)[C@@H](CC(C)C)C(=O)N[C@@H](C(C)C)C(=O)N(C)[C@@H](CC(C)C)C(=O)N[C@H](C)C(=O)N[C@@H](C)C(=O)N(C)[C@@H](CC(C)C)C(=O)N(C)[C@@H](CC(C)C)C(=O)N(C)[C@@H](C(C)C)C(=O)N1C. The number of ketones is 1. The summed E-state index contributed by atoms with van der Waals surface area (Å²) in [7, 11) is 9.80. The predicted molar refractivity (Wildman–Crippen MR) is 332 cm³/mol. The van der Waals surface area contributed by atoms with Gasteiger partial charge in [0.05, 0.1) is 6.54 Å². The minimum Gasteiger partial charge on any atom is -0.343 e. The number of Topliss-reactive ketones (excluding diaryl/α,β-unsaturated/α-hetero) is 1. The number of carbonyl (C=O) groups excluding carboxylic acids is 12. The number of amides is 11. The second kappa shape index (κ2) is 34.8. The number of hydrogen-bond acceptors (Lipinski definition) is 12. The average Bonchev–Trinajstić information content (AvgIpc) is 2.16. The Kier molecular flexibility index (Phi) is 31.4. The van der Waals surface area contributed by atoms with Crippen LogP contribution >= 0.6 is 0 Å². The van der Waals surface area contributed by atoms with E-state index in [0.717, 1.165) is 9.80 Å². The van der Waals surface area contributed by atoms with Gasteiger partial charge in [-0.1, -0.05) is 116 Å². The fourth-order valence-electron chi connectivity index (χ4n) is 10.7. The third-order valence-electron chi connectivity index (χ3n) is 16.1. The van der Waals surface area contributed by atoms with Crippen LogP contribution < -0.4 is 21.3 Å². The van der Waals surface area contributed by atoms with Gasteiger partial charge in [0.2, 0.25) is 59.1 Å². The molecule has 86 heavy (non-hydrogen) atoms. The van der Waals surface area contributed by atoms with E-state index in [0.29, 0.717) is 0 Å². The van der Waals surface area contributed by atoms with E-state index in [1.807, 2.05) is 55.4 Å². The molecule has 1 saturated heterocycles. The molecule has 1 fully saturated rings. The van der Waals surface area contributed by atoms with Crippen LogP contribution in [0.5, 0.6) is 0 Å². The monoisotopic (exact) mass is 1220 g/mol. The highest BCUT2D eigenvalue weighted by Crippen LogP contribution is 2.25. The van der Waals surface area contributed by atoms with Crippen molar-refractivity contribution in [3.05, 3.63) is 12.2 Å². The molecule has 23 heteroatoms. The third kappa shape index (κ3) is 21.5. The Balaban J connectivity index is 4.37. The average molecular weight is 1220 g/mol. The second-order valence-electron chi connectivity index (χ2n) is 26.6. The van der Waals surface area contributed by atoms with Gasteiger partial charge in [-0.2, -0.15) is 0 Å². The molecule has 0 bridgehead atoms. The minimum absolute atomic E-state index is 0.128. The van der Waals surface area contributed by atoms with Crippen molar-refractivity contribution in [1.29, 1.82) is 0 Å². The standard InChI is InChI=1S/C63H111N11O12/c1-26-27-28-41(16)53(76)52-57(80)67-49(38(10)11)61(84)68(19)33-48(75)69(20)44(29-34(2)3)56(79)66-50(39(12)13)62(85)70(21)45(30-35(4)5)55(78)64-42(17)54(77)65-43(18)58(81)71(22)46(31-36(6)7)59(82)72(23)47(32-37(8)9)60(83)73(24)51(40(14)15)63(86)74(52)25/h26-27,34-47,49-52H,28-33H2,1-25H3,(H,64,78)(H,65,77)(H,66,79)(H,67,80)/b27-26+/t41-,42-,43+,44+,45+,46+,47+,49+,50+,51+,52?/m1/s1/i61+2. The van der Waals surface area contributed by atoms with Crippen LogP contribution in [0.3, 0.4) is 0 Å². The highest BCUT2D eigenvalue weighted by Gasteiger charge is 2.46. The molecule has 11 atom stereocenters. The number of hydrogen-bond donors (Lipinski definition) is 4. The largest absolute Gasteiger partial charge is 0.343 e. The Morgan fingerprint density at radius 2 is 0.895 bits per heavy atom. The lowest BCUT2D eigenvalue weighted by atomic mass is 9.92. The van der Waals surface area contributed by atoms with Crippen LogP contribution in [0.25, 0.3) is 0 Å². The first kappa shape index (κ1) is 77.6. The maximum Gasteiger partial charge on any atom is 0.251 e.